The van der Waals surface area contributed by atoms with Gasteiger partial charge in [0.1, 0.15) is 5.56 Å². The molecule has 1 aliphatic rings. The summed E-state index contributed by atoms with van der Waals surface area (Å²) in [7, 11) is 2.00. The summed E-state index contributed by atoms with van der Waals surface area (Å²) in [6.45, 7) is 0.675. The number of carbonyl (C=O) groups excluding carboxylic acids is 1. The average Bonchev–Trinajstić information content (AvgIpc) is 2.99. The lowest BCUT2D eigenvalue weighted by Gasteiger charge is -2.30. The molecule has 1 fully saturated rings. The lowest BCUT2D eigenvalue weighted by molar-refractivity contribution is 0.0672. The molecule has 4 rings (SSSR count). The molecule has 1 unspecified atom stereocenters. The van der Waals surface area contributed by atoms with E-state index < -0.39 is 0 Å². The Morgan fingerprint density at radius 2 is 1.82 bits per heavy atom. The van der Waals surface area contributed by atoms with Gasteiger partial charge in [-0.1, -0.05) is 43.2 Å². The van der Waals surface area contributed by atoms with E-state index in [1.807, 2.05) is 60.6 Å². The van der Waals surface area contributed by atoms with Crippen LogP contribution < -0.4 is 5.56 Å². The van der Waals surface area contributed by atoms with Gasteiger partial charge in [0.15, 0.2) is 0 Å². The molecular weight excluding hydrogens is 350 g/mol. The number of nitrogens with one attached hydrogen (secondary N) is 1. The smallest absolute Gasteiger partial charge is 0.261 e. The Morgan fingerprint density at radius 1 is 1.00 bits per heavy atom. The van der Waals surface area contributed by atoms with Crippen molar-refractivity contribution in [1.82, 2.24) is 14.5 Å². The number of hydrogen-bond donors (Lipinski definition) is 1. The van der Waals surface area contributed by atoms with Gasteiger partial charge in [0.2, 0.25) is 0 Å². The highest BCUT2D eigenvalue weighted by Crippen LogP contribution is 2.31. The molecule has 0 radical (unpaired) electrons. The van der Waals surface area contributed by atoms with Crippen LogP contribution in [0.5, 0.6) is 0 Å². The van der Waals surface area contributed by atoms with Crippen molar-refractivity contribution in [2.75, 3.05) is 6.54 Å². The summed E-state index contributed by atoms with van der Waals surface area (Å²) < 4.78 is 2.07. The van der Waals surface area contributed by atoms with Crippen LogP contribution in [-0.2, 0) is 7.05 Å². The first-order valence-electron chi connectivity index (χ1n) is 9.86. The van der Waals surface area contributed by atoms with Gasteiger partial charge in [-0.05, 0) is 42.7 Å². The second-order valence-electron chi connectivity index (χ2n) is 7.39. The van der Waals surface area contributed by atoms with Gasteiger partial charge in [0, 0.05) is 31.2 Å². The fraction of sp³-hybridized carbons (Fsp3) is 0.304. The van der Waals surface area contributed by atoms with Crippen molar-refractivity contribution < 1.29 is 4.79 Å². The summed E-state index contributed by atoms with van der Waals surface area (Å²) in [5.41, 5.74) is 2.64. The van der Waals surface area contributed by atoms with E-state index in [9.17, 15) is 9.59 Å². The van der Waals surface area contributed by atoms with Crippen LogP contribution in [0.3, 0.4) is 0 Å². The van der Waals surface area contributed by atoms with Crippen molar-refractivity contribution >= 4 is 5.91 Å². The molecule has 1 amide bonds. The number of likely N-dealkylation sites (tertiary alicyclic amines) is 1. The molecule has 2 aromatic heterocycles. The number of pyridine rings is 1. The normalized spacial score (nSPS) is 17.3. The summed E-state index contributed by atoms with van der Waals surface area (Å²) in [4.78, 5) is 30.8. The third kappa shape index (κ3) is 3.52. The second-order valence-corrected chi connectivity index (χ2v) is 7.39. The third-order valence-corrected chi connectivity index (χ3v) is 5.56. The maximum absolute atomic E-state index is 13.3. The molecule has 0 bridgehead atoms. The molecule has 1 aromatic carbocycles. The SMILES string of the molecule is Cn1cccc1C1CCCCCN1C(=O)c1ccc(-c2ccccc2)[nH]c1=O. The Morgan fingerprint density at radius 3 is 2.54 bits per heavy atom. The van der Waals surface area contributed by atoms with Crippen LogP contribution in [0.2, 0.25) is 0 Å². The van der Waals surface area contributed by atoms with Crippen LogP contribution in [0.1, 0.15) is 47.8 Å². The van der Waals surface area contributed by atoms with E-state index in [1.54, 1.807) is 6.07 Å². The van der Waals surface area contributed by atoms with Gasteiger partial charge in [-0.2, -0.15) is 0 Å². The number of carbonyl (C=O) groups is 1. The Bertz CT molecular complexity index is 1020. The van der Waals surface area contributed by atoms with Gasteiger partial charge in [-0.15, -0.1) is 0 Å². The Hall–Kier alpha value is -3.08. The highest BCUT2D eigenvalue weighted by Gasteiger charge is 2.30. The van der Waals surface area contributed by atoms with E-state index in [4.69, 9.17) is 0 Å². The first kappa shape index (κ1) is 18.3. The zero-order valence-corrected chi connectivity index (χ0v) is 16.1. The molecule has 144 valence electrons. The van der Waals surface area contributed by atoms with Crippen molar-refractivity contribution in [2.45, 2.75) is 31.7 Å². The van der Waals surface area contributed by atoms with Crippen LogP contribution in [0.4, 0.5) is 0 Å². The maximum atomic E-state index is 13.3. The highest BCUT2D eigenvalue weighted by molar-refractivity contribution is 5.94. The fourth-order valence-electron chi connectivity index (χ4n) is 4.06. The number of amides is 1. The molecule has 28 heavy (non-hydrogen) atoms. The minimum Gasteiger partial charge on any atom is -0.353 e. The summed E-state index contributed by atoms with van der Waals surface area (Å²) in [5.74, 6) is -0.186. The number of H-pyrrole nitrogens is 1. The zero-order valence-electron chi connectivity index (χ0n) is 16.1. The predicted octanol–water partition coefficient (Wildman–Crippen LogP) is 4.14. The lowest BCUT2D eigenvalue weighted by atomic mass is 10.1. The van der Waals surface area contributed by atoms with Gasteiger partial charge in [0.05, 0.1) is 6.04 Å². The van der Waals surface area contributed by atoms with Crippen molar-refractivity contribution in [3.05, 3.63) is 82.4 Å². The number of aromatic nitrogens is 2. The van der Waals surface area contributed by atoms with Gasteiger partial charge < -0.3 is 14.5 Å². The van der Waals surface area contributed by atoms with Crippen LogP contribution in [0, 0.1) is 0 Å². The first-order chi connectivity index (χ1) is 13.6. The van der Waals surface area contributed by atoms with E-state index in [1.165, 1.54) is 0 Å². The zero-order chi connectivity index (χ0) is 19.5. The molecule has 5 heteroatoms. The van der Waals surface area contributed by atoms with Gasteiger partial charge in [0.25, 0.3) is 11.5 Å². The van der Waals surface area contributed by atoms with Gasteiger partial charge >= 0.3 is 0 Å². The monoisotopic (exact) mass is 375 g/mol. The minimum atomic E-state index is -0.332. The summed E-state index contributed by atoms with van der Waals surface area (Å²) in [6, 6.07) is 17.2. The largest absolute Gasteiger partial charge is 0.353 e. The fourth-order valence-corrected chi connectivity index (χ4v) is 4.06. The summed E-state index contributed by atoms with van der Waals surface area (Å²) >= 11 is 0. The molecule has 3 heterocycles. The average molecular weight is 375 g/mol. The standard InChI is InChI=1S/C23H25N3O2/c1-25-15-8-12-20(25)21-11-6-3-7-16-26(21)23(28)18-13-14-19(24-22(18)27)17-9-4-2-5-10-17/h2,4-5,8-10,12-15,21H,3,6-7,11,16H2,1H3,(H,24,27). The number of aromatic amines is 1. The van der Waals surface area contributed by atoms with Gasteiger partial charge in [-0.25, -0.2) is 0 Å². The molecular formula is C23H25N3O2. The van der Waals surface area contributed by atoms with E-state index in [0.717, 1.165) is 42.6 Å². The van der Waals surface area contributed by atoms with Gasteiger partial charge in [-0.3, -0.25) is 9.59 Å². The second kappa shape index (κ2) is 7.89. The summed E-state index contributed by atoms with van der Waals surface area (Å²) in [5, 5.41) is 0. The highest BCUT2D eigenvalue weighted by atomic mass is 16.2. The van der Waals surface area contributed by atoms with Crippen molar-refractivity contribution in [3.63, 3.8) is 0 Å². The van der Waals surface area contributed by atoms with Crippen LogP contribution in [0.25, 0.3) is 11.3 Å². The van der Waals surface area contributed by atoms with E-state index in [2.05, 4.69) is 15.6 Å². The quantitative estimate of drug-likeness (QED) is 0.748. The van der Waals surface area contributed by atoms with E-state index >= 15 is 0 Å². The maximum Gasteiger partial charge on any atom is 0.261 e. The number of rotatable bonds is 3. The van der Waals surface area contributed by atoms with Crippen LogP contribution in [0.15, 0.2) is 65.6 Å². The van der Waals surface area contributed by atoms with E-state index in [0.29, 0.717) is 6.54 Å². The summed E-state index contributed by atoms with van der Waals surface area (Å²) in [6.07, 6.45) is 6.08. The van der Waals surface area contributed by atoms with Crippen molar-refractivity contribution in [1.29, 1.82) is 0 Å². The molecule has 0 aliphatic carbocycles. The first-order valence-corrected chi connectivity index (χ1v) is 9.86. The molecule has 0 spiro atoms. The molecule has 1 aliphatic heterocycles. The lowest BCUT2D eigenvalue weighted by Crippen LogP contribution is -2.38. The number of nitrogens with zero attached hydrogens (tertiary/aromatic N) is 2. The molecule has 1 atom stereocenters. The molecule has 1 N–H and O–H groups in total. The topological polar surface area (TPSA) is 58.1 Å². The minimum absolute atomic E-state index is 0.00296. The molecule has 3 aromatic rings. The van der Waals surface area contributed by atoms with Crippen molar-refractivity contribution in [2.24, 2.45) is 7.05 Å². The van der Waals surface area contributed by atoms with Crippen LogP contribution in [-0.4, -0.2) is 26.9 Å². The van der Waals surface area contributed by atoms with Crippen molar-refractivity contribution in [3.8, 4) is 11.3 Å². The molecule has 1 saturated heterocycles. The number of hydrogen-bond acceptors (Lipinski definition) is 2. The molecule has 0 saturated carbocycles. The Balaban J connectivity index is 1.67. The number of aryl methyl sites for hydroxylation is 1. The predicted molar refractivity (Wildman–Crippen MR) is 110 cm³/mol. The van der Waals surface area contributed by atoms with Crippen LogP contribution >= 0.6 is 0 Å². The number of benzene rings is 1. The molecule has 5 nitrogen and oxygen atoms in total. The van der Waals surface area contributed by atoms with E-state index in [-0.39, 0.29) is 23.1 Å². The third-order valence-electron chi connectivity index (χ3n) is 5.56. The Labute approximate surface area is 164 Å². The Kier molecular flexibility index (Phi) is 5.15.